The van der Waals surface area contributed by atoms with E-state index >= 15 is 0 Å². The van der Waals surface area contributed by atoms with Crippen LogP contribution in [0.3, 0.4) is 0 Å². The van der Waals surface area contributed by atoms with Gasteiger partial charge in [-0.05, 0) is 25.1 Å². The molecule has 1 N–H and O–H groups in total. The van der Waals surface area contributed by atoms with Gasteiger partial charge in [0, 0.05) is 5.56 Å². The Bertz CT molecular complexity index is 642. The average molecular weight is 289 g/mol. The molecule has 0 aliphatic rings. The van der Waals surface area contributed by atoms with Crippen LogP contribution in [0.15, 0.2) is 42.5 Å². The van der Waals surface area contributed by atoms with E-state index in [1.807, 2.05) is 0 Å². The summed E-state index contributed by atoms with van der Waals surface area (Å²) in [6, 6.07) is 11.4. The molecule has 0 aliphatic carbocycles. The lowest BCUT2D eigenvalue weighted by molar-refractivity contribution is -0.386. The minimum atomic E-state index is -0.540. The number of rotatable bonds is 6. The first-order valence-electron chi connectivity index (χ1n) is 6.44. The predicted octanol–water partition coefficient (Wildman–Crippen LogP) is 3.28. The van der Waals surface area contributed by atoms with Crippen molar-refractivity contribution in [1.29, 1.82) is 0 Å². The molecule has 0 heterocycles. The van der Waals surface area contributed by atoms with Gasteiger partial charge in [0.25, 0.3) is 0 Å². The Labute approximate surface area is 121 Å². The largest absolute Gasteiger partial charge is 0.487 e. The molecular weight excluding hydrogens is 274 g/mol. The van der Waals surface area contributed by atoms with Crippen LogP contribution in [0.1, 0.15) is 12.5 Å². The lowest BCUT2D eigenvalue weighted by atomic mass is 10.2. The van der Waals surface area contributed by atoms with E-state index in [2.05, 4.69) is 0 Å². The molecule has 2 aromatic carbocycles. The molecule has 2 aromatic rings. The number of hydrogen-bond donors (Lipinski definition) is 1. The second kappa shape index (κ2) is 6.71. The average Bonchev–Trinajstić information content (AvgIpc) is 2.48. The van der Waals surface area contributed by atoms with E-state index in [0.717, 1.165) is 0 Å². The van der Waals surface area contributed by atoms with Gasteiger partial charge in [-0.2, -0.15) is 0 Å². The minimum Gasteiger partial charge on any atom is -0.487 e. The fraction of sp³-hybridized carbons (Fsp3) is 0.200. The lowest BCUT2D eigenvalue weighted by Crippen LogP contribution is -2.00. The Hall–Kier alpha value is -2.60. The molecule has 0 atom stereocenters. The number of aliphatic hydroxyl groups is 1. The molecule has 0 saturated heterocycles. The van der Waals surface area contributed by atoms with Gasteiger partial charge in [0.15, 0.2) is 0 Å². The Morgan fingerprint density at radius 2 is 1.76 bits per heavy atom. The SMILES string of the molecule is CCOc1cccc(Oc2ccccc2CO)c1[N+](=O)[O-]. The first kappa shape index (κ1) is 14.8. The van der Waals surface area contributed by atoms with E-state index in [0.29, 0.717) is 17.9 Å². The van der Waals surface area contributed by atoms with Gasteiger partial charge in [-0.25, -0.2) is 0 Å². The molecule has 110 valence electrons. The van der Waals surface area contributed by atoms with E-state index in [1.165, 1.54) is 12.1 Å². The highest BCUT2D eigenvalue weighted by Crippen LogP contribution is 2.39. The molecule has 0 aromatic heterocycles. The van der Waals surface area contributed by atoms with Gasteiger partial charge in [0.05, 0.1) is 18.1 Å². The Balaban J connectivity index is 2.44. The second-order valence-electron chi connectivity index (χ2n) is 4.16. The highest BCUT2D eigenvalue weighted by Gasteiger charge is 2.23. The Morgan fingerprint density at radius 1 is 1.10 bits per heavy atom. The third kappa shape index (κ3) is 3.29. The van der Waals surface area contributed by atoms with Crippen LogP contribution in [-0.2, 0) is 6.61 Å². The summed E-state index contributed by atoms with van der Waals surface area (Å²) in [5.74, 6) is 0.602. The normalized spacial score (nSPS) is 10.2. The van der Waals surface area contributed by atoms with Gasteiger partial charge in [-0.15, -0.1) is 0 Å². The van der Waals surface area contributed by atoms with Crippen molar-refractivity contribution in [3.05, 3.63) is 58.1 Å². The molecule has 0 fully saturated rings. The first-order valence-corrected chi connectivity index (χ1v) is 6.44. The summed E-state index contributed by atoms with van der Waals surface area (Å²) in [5, 5.41) is 20.5. The van der Waals surface area contributed by atoms with Crippen molar-refractivity contribution < 1.29 is 19.5 Å². The molecule has 0 saturated carbocycles. The van der Waals surface area contributed by atoms with Crippen molar-refractivity contribution in [1.82, 2.24) is 0 Å². The number of nitro benzene ring substituents is 1. The number of para-hydroxylation sites is 2. The van der Waals surface area contributed by atoms with Crippen LogP contribution in [0, 0.1) is 10.1 Å². The van der Waals surface area contributed by atoms with Gasteiger partial charge in [0.2, 0.25) is 11.5 Å². The Kier molecular flexibility index (Phi) is 4.73. The summed E-state index contributed by atoms with van der Waals surface area (Å²) in [6.07, 6.45) is 0. The van der Waals surface area contributed by atoms with Gasteiger partial charge < -0.3 is 14.6 Å². The van der Waals surface area contributed by atoms with Crippen molar-refractivity contribution >= 4 is 5.69 Å². The van der Waals surface area contributed by atoms with Crippen LogP contribution in [-0.4, -0.2) is 16.6 Å². The third-order valence-electron chi connectivity index (χ3n) is 2.81. The zero-order chi connectivity index (χ0) is 15.2. The molecule has 0 spiro atoms. The van der Waals surface area contributed by atoms with Gasteiger partial charge in [-0.3, -0.25) is 10.1 Å². The summed E-state index contributed by atoms with van der Waals surface area (Å²) < 4.78 is 10.9. The summed E-state index contributed by atoms with van der Waals surface area (Å²) in [5.41, 5.74) is 0.320. The van der Waals surface area contributed by atoms with Crippen LogP contribution < -0.4 is 9.47 Å². The maximum absolute atomic E-state index is 11.3. The molecule has 0 bridgehead atoms. The van der Waals surface area contributed by atoms with E-state index < -0.39 is 4.92 Å². The molecule has 6 nitrogen and oxygen atoms in total. The quantitative estimate of drug-likeness (QED) is 0.652. The maximum atomic E-state index is 11.3. The summed E-state index contributed by atoms with van der Waals surface area (Å²) >= 11 is 0. The number of aliphatic hydroxyl groups excluding tert-OH is 1. The summed E-state index contributed by atoms with van der Waals surface area (Å²) in [4.78, 5) is 10.7. The molecule has 0 radical (unpaired) electrons. The third-order valence-corrected chi connectivity index (χ3v) is 2.81. The van der Waals surface area contributed by atoms with Crippen molar-refractivity contribution in [2.45, 2.75) is 13.5 Å². The molecule has 0 aliphatic heterocycles. The number of nitro groups is 1. The second-order valence-corrected chi connectivity index (χ2v) is 4.16. The fourth-order valence-corrected chi connectivity index (χ4v) is 1.89. The van der Waals surface area contributed by atoms with Crippen LogP contribution >= 0.6 is 0 Å². The van der Waals surface area contributed by atoms with Crippen LogP contribution in [0.5, 0.6) is 17.2 Å². The van der Waals surface area contributed by atoms with Gasteiger partial charge in [-0.1, -0.05) is 24.3 Å². The summed E-state index contributed by atoms with van der Waals surface area (Å²) in [6.45, 7) is 1.85. The highest BCUT2D eigenvalue weighted by atomic mass is 16.6. The molecule has 2 rings (SSSR count). The van der Waals surface area contributed by atoms with Gasteiger partial charge >= 0.3 is 5.69 Å². The first-order chi connectivity index (χ1) is 10.2. The topological polar surface area (TPSA) is 81.8 Å². The monoisotopic (exact) mass is 289 g/mol. The van der Waals surface area contributed by atoms with E-state index in [1.54, 1.807) is 37.3 Å². The van der Waals surface area contributed by atoms with E-state index in [9.17, 15) is 15.2 Å². The van der Waals surface area contributed by atoms with Crippen molar-refractivity contribution in [3.63, 3.8) is 0 Å². The van der Waals surface area contributed by atoms with Crippen molar-refractivity contribution in [2.24, 2.45) is 0 Å². The van der Waals surface area contributed by atoms with E-state index in [-0.39, 0.29) is 23.8 Å². The molecule has 21 heavy (non-hydrogen) atoms. The number of nitrogens with zero attached hydrogens (tertiary/aromatic N) is 1. The van der Waals surface area contributed by atoms with Gasteiger partial charge in [0.1, 0.15) is 5.75 Å². The molecule has 0 amide bonds. The molecule has 6 heteroatoms. The van der Waals surface area contributed by atoms with Crippen molar-refractivity contribution in [3.8, 4) is 17.2 Å². The van der Waals surface area contributed by atoms with Crippen LogP contribution in [0.25, 0.3) is 0 Å². The predicted molar refractivity (Wildman–Crippen MR) is 76.7 cm³/mol. The summed E-state index contributed by atoms with van der Waals surface area (Å²) in [7, 11) is 0. The molecular formula is C15H15NO5. The Morgan fingerprint density at radius 3 is 2.43 bits per heavy atom. The molecule has 0 unspecified atom stereocenters. The smallest absolute Gasteiger partial charge is 0.352 e. The maximum Gasteiger partial charge on any atom is 0.352 e. The standard InChI is InChI=1S/C15H15NO5/c1-2-20-13-8-5-9-14(15(13)16(18)19)21-12-7-4-3-6-11(12)10-17/h3-9,17H,2,10H2,1H3. The van der Waals surface area contributed by atoms with E-state index in [4.69, 9.17) is 9.47 Å². The zero-order valence-corrected chi connectivity index (χ0v) is 11.5. The zero-order valence-electron chi connectivity index (χ0n) is 11.5. The van der Waals surface area contributed by atoms with Crippen LogP contribution in [0.2, 0.25) is 0 Å². The highest BCUT2D eigenvalue weighted by molar-refractivity contribution is 5.58. The van der Waals surface area contributed by atoms with Crippen LogP contribution in [0.4, 0.5) is 5.69 Å². The lowest BCUT2D eigenvalue weighted by Gasteiger charge is -2.11. The van der Waals surface area contributed by atoms with Crippen molar-refractivity contribution in [2.75, 3.05) is 6.61 Å². The minimum absolute atomic E-state index is 0.0758. The number of hydrogen-bond acceptors (Lipinski definition) is 5. The fourth-order valence-electron chi connectivity index (χ4n) is 1.89. The number of ether oxygens (including phenoxy) is 2. The number of benzene rings is 2.